The van der Waals surface area contributed by atoms with Crippen molar-refractivity contribution >= 4 is 24.2 Å². The number of nitrogens with zero attached hydrogens (tertiary/aromatic N) is 1. The van der Waals surface area contributed by atoms with E-state index in [9.17, 15) is 9.59 Å². The van der Waals surface area contributed by atoms with Crippen LogP contribution in [-0.4, -0.2) is 61.6 Å². The number of carbonyl (C=O) groups excluding carboxylic acids is 2. The van der Waals surface area contributed by atoms with Gasteiger partial charge in [0.1, 0.15) is 6.04 Å². The van der Waals surface area contributed by atoms with E-state index in [1.807, 2.05) is 11.8 Å². The Morgan fingerprint density at radius 2 is 2.19 bits per heavy atom. The number of piperidine rings is 1. The summed E-state index contributed by atoms with van der Waals surface area (Å²) in [4.78, 5) is 25.4. The van der Waals surface area contributed by atoms with Crippen LogP contribution < -0.4 is 10.6 Å². The van der Waals surface area contributed by atoms with Crippen molar-refractivity contribution in [3.63, 3.8) is 0 Å². The number of amides is 2. The van der Waals surface area contributed by atoms with Gasteiger partial charge in [0, 0.05) is 33.1 Å². The number of rotatable bonds is 3. The van der Waals surface area contributed by atoms with E-state index in [2.05, 4.69) is 10.6 Å². The smallest absolute Gasteiger partial charge is 0.242 e. The average Bonchev–Trinajstić information content (AvgIpc) is 2.45. The van der Waals surface area contributed by atoms with Crippen LogP contribution in [0.25, 0.3) is 0 Å². The van der Waals surface area contributed by atoms with Crippen LogP contribution in [0.15, 0.2) is 0 Å². The van der Waals surface area contributed by atoms with Gasteiger partial charge < -0.3 is 20.3 Å². The number of likely N-dealkylation sites (tertiary alicyclic amines) is 1. The Labute approximate surface area is 132 Å². The van der Waals surface area contributed by atoms with E-state index in [1.54, 1.807) is 0 Å². The molecule has 0 saturated carbocycles. The van der Waals surface area contributed by atoms with Crippen LogP contribution in [0.2, 0.25) is 0 Å². The van der Waals surface area contributed by atoms with Crippen molar-refractivity contribution in [3.8, 4) is 0 Å². The maximum atomic E-state index is 12.5. The number of ether oxygens (including phenoxy) is 1. The first-order chi connectivity index (χ1) is 9.58. The fourth-order valence-corrected chi connectivity index (χ4v) is 2.93. The Kier molecular flexibility index (Phi) is 7.42. The molecule has 2 aliphatic rings. The highest BCUT2D eigenvalue weighted by atomic mass is 35.5. The van der Waals surface area contributed by atoms with Gasteiger partial charge in [-0.15, -0.1) is 12.4 Å². The average molecular weight is 320 g/mol. The van der Waals surface area contributed by atoms with E-state index in [-0.39, 0.29) is 36.4 Å². The first-order valence-electron chi connectivity index (χ1n) is 7.46. The summed E-state index contributed by atoms with van der Waals surface area (Å²) in [6, 6.07) is -0.233. The van der Waals surface area contributed by atoms with E-state index in [0.717, 1.165) is 32.5 Å². The Hall–Kier alpha value is -0.850. The number of hydrogen-bond donors (Lipinski definition) is 2. The van der Waals surface area contributed by atoms with Crippen LogP contribution >= 0.6 is 12.4 Å². The van der Waals surface area contributed by atoms with Crippen LogP contribution in [-0.2, 0) is 14.3 Å². The first kappa shape index (κ1) is 18.2. The van der Waals surface area contributed by atoms with E-state index in [1.165, 1.54) is 6.92 Å². The Morgan fingerprint density at radius 1 is 1.43 bits per heavy atom. The van der Waals surface area contributed by atoms with Crippen molar-refractivity contribution in [2.45, 2.75) is 38.8 Å². The van der Waals surface area contributed by atoms with Crippen LogP contribution in [0.5, 0.6) is 0 Å². The number of morpholine rings is 1. The molecular formula is C14H26ClN3O3. The zero-order valence-corrected chi connectivity index (χ0v) is 13.6. The van der Waals surface area contributed by atoms with E-state index in [0.29, 0.717) is 19.1 Å². The Bertz CT molecular complexity index is 367. The summed E-state index contributed by atoms with van der Waals surface area (Å²) in [5, 5.41) is 6.09. The zero-order chi connectivity index (χ0) is 14.5. The largest absolute Gasteiger partial charge is 0.375 e. The van der Waals surface area contributed by atoms with E-state index in [4.69, 9.17) is 4.74 Å². The van der Waals surface area contributed by atoms with Crippen molar-refractivity contribution in [3.05, 3.63) is 0 Å². The minimum Gasteiger partial charge on any atom is -0.375 e. The predicted octanol–water partition coefficient (Wildman–Crippen LogP) is 0.160. The van der Waals surface area contributed by atoms with Gasteiger partial charge in [-0.05, 0) is 25.7 Å². The molecule has 2 rings (SSSR count). The number of carbonyl (C=O) groups is 2. The highest BCUT2D eigenvalue weighted by Gasteiger charge is 2.33. The molecule has 0 aliphatic carbocycles. The SMILES string of the molecule is CC(=O)NCC1CCCN(C(=O)[C@H]2NCCO[C@@H]2C)C1.Cl. The highest BCUT2D eigenvalue weighted by molar-refractivity contribution is 5.85. The van der Waals surface area contributed by atoms with Crippen molar-refractivity contribution in [2.24, 2.45) is 5.92 Å². The van der Waals surface area contributed by atoms with Gasteiger partial charge in [-0.25, -0.2) is 0 Å². The Morgan fingerprint density at radius 3 is 2.86 bits per heavy atom. The molecule has 0 radical (unpaired) electrons. The van der Waals surface area contributed by atoms with Crippen LogP contribution in [0.4, 0.5) is 0 Å². The van der Waals surface area contributed by atoms with Gasteiger partial charge in [-0.2, -0.15) is 0 Å². The lowest BCUT2D eigenvalue weighted by atomic mass is 9.96. The molecule has 0 aromatic carbocycles. The molecular weight excluding hydrogens is 294 g/mol. The molecule has 2 amide bonds. The minimum atomic E-state index is -0.233. The summed E-state index contributed by atoms with van der Waals surface area (Å²) >= 11 is 0. The second-order valence-electron chi connectivity index (χ2n) is 5.74. The molecule has 0 spiro atoms. The molecule has 1 unspecified atom stereocenters. The normalized spacial score (nSPS) is 29.4. The third-order valence-electron chi connectivity index (χ3n) is 4.05. The molecule has 2 heterocycles. The van der Waals surface area contributed by atoms with Gasteiger partial charge >= 0.3 is 0 Å². The van der Waals surface area contributed by atoms with E-state index < -0.39 is 0 Å². The molecule has 122 valence electrons. The van der Waals surface area contributed by atoms with Crippen molar-refractivity contribution in [2.75, 3.05) is 32.8 Å². The van der Waals surface area contributed by atoms with Gasteiger partial charge in [-0.1, -0.05) is 0 Å². The van der Waals surface area contributed by atoms with Crippen LogP contribution in [0.3, 0.4) is 0 Å². The summed E-state index contributed by atoms with van der Waals surface area (Å²) in [5.41, 5.74) is 0. The molecule has 21 heavy (non-hydrogen) atoms. The van der Waals surface area contributed by atoms with Crippen molar-refractivity contribution in [1.29, 1.82) is 0 Å². The second kappa shape index (κ2) is 8.56. The molecule has 3 atom stereocenters. The molecule has 2 N–H and O–H groups in total. The summed E-state index contributed by atoms with van der Waals surface area (Å²) in [5.74, 6) is 0.477. The van der Waals surface area contributed by atoms with Crippen LogP contribution in [0, 0.1) is 5.92 Å². The Balaban J connectivity index is 0.00000220. The minimum absolute atomic E-state index is 0. The lowest BCUT2D eigenvalue weighted by Gasteiger charge is -2.38. The van der Waals surface area contributed by atoms with Gasteiger partial charge in [0.2, 0.25) is 11.8 Å². The zero-order valence-electron chi connectivity index (χ0n) is 12.8. The fourth-order valence-electron chi connectivity index (χ4n) is 2.93. The van der Waals surface area contributed by atoms with Crippen molar-refractivity contribution < 1.29 is 14.3 Å². The summed E-state index contributed by atoms with van der Waals surface area (Å²) in [6.45, 7) is 7.04. The maximum absolute atomic E-state index is 12.5. The lowest BCUT2D eigenvalue weighted by Crippen LogP contribution is -2.58. The summed E-state index contributed by atoms with van der Waals surface area (Å²) in [7, 11) is 0. The molecule has 2 saturated heterocycles. The van der Waals surface area contributed by atoms with Gasteiger partial charge in [-0.3, -0.25) is 9.59 Å². The van der Waals surface area contributed by atoms with Crippen molar-refractivity contribution in [1.82, 2.24) is 15.5 Å². The predicted molar refractivity (Wildman–Crippen MR) is 82.4 cm³/mol. The third-order valence-corrected chi connectivity index (χ3v) is 4.05. The molecule has 0 aromatic rings. The third kappa shape index (κ3) is 5.13. The summed E-state index contributed by atoms with van der Waals surface area (Å²) < 4.78 is 5.54. The van der Waals surface area contributed by atoms with Gasteiger partial charge in [0.25, 0.3) is 0 Å². The van der Waals surface area contributed by atoms with E-state index >= 15 is 0 Å². The fraction of sp³-hybridized carbons (Fsp3) is 0.857. The summed E-state index contributed by atoms with van der Waals surface area (Å²) in [6.07, 6.45) is 1.98. The monoisotopic (exact) mass is 319 g/mol. The molecule has 0 bridgehead atoms. The van der Waals surface area contributed by atoms with Crippen LogP contribution in [0.1, 0.15) is 26.7 Å². The topological polar surface area (TPSA) is 70.7 Å². The molecule has 2 fully saturated rings. The maximum Gasteiger partial charge on any atom is 0.242 e. The highest BCUT2D eigenvalue weighted by Crippen LogP contribution is 2.18. The second-order valence-corrected chi connectivity index (χ2v) is 5.74. The van der Waals surface area contributed by atoms with Gasteiger partial charge in [0.15, 0.2) is 0 Å². The molecule has 7 heteroatoms. The quantitative estimate of drug-likeness (QED) is 0.777. The number of hydrogen-bond acceptors (Lipinski definition) is 4. The lowest BCUT2D eigenvalue weighted by molar-refractivity contribution is -0.141. The number of halogens is 1. The molecule has 2 aliphatic heterocycles. The number of nitrogens with one attached hydrogen (secondary N) is 2. The van der Waals surface area contributed by atoms with Gasteiger partial charge in [0.05, 0.1) is 12.7 Å². The first-order valence-corrected chi connectivity index (χ1v) is 7.46. The molecule has 6 nitrogen and oxygen atoms in total. The molecule has 0 aromatic heterocycles. The standard InChI is InChI=1S/C14H25N3O3.ClH/c1-10-13(15-5-7-20-10)14(19)17-6-3-4-12(9-17)8-16-11(2)18;/h10,12-13,15H,3-9H2,1-2H3,(H,16,18);1H/t10-,12?,13+;/m1./s1.